The number of aromatic nitrogens is 2. The molecule has 29 heavy (non-hydrogen) atoms. The van der Waals surface area contributed by atoms with E-state index in [2.05, 4.69) is 0 Å². The summed E-state index contributed by atoms with van der Waals surface area (Å²) in [6, 6.07) is 1.52. The summed E-state index contributed by atoms with van der Waals surface area (Å²) < 4.78 is 85.3. The van der Waals surface area contributed by atoms with Gasteiger partial charge >= 0.3 is 17.8 Å². The number of alkyl halides is 5. The van der Waals surface area contributed by atoms with E-state index in [-0.39, 0.29) is 19.9 Å². The molecular formula is C16H12Cl2F6N2O3. The number of rotatable bonds is 4. The fraction of sp³-hybridized carbons (Fsp3) is 0.375. The molecule has 2 rings (SSSR count). The molecule has 0 N–H and O–H groups in total. The van der Waals surface area contributed by atoms with E-state index in [1.54, 1.807) is 13.8 Å². The lowest BCUT2D eigenvalue weighted by atomic mass is 10.2. The zero-order valence-corrected chi connectivity index (χ0v) is 16.4. The average Bonchev–Trinajstić information content (AvgIpc) is 2.55. The standard InChI is InChI=1S/C16H12Cl2F6N2O3/c1-6(2)29-10-5-9(8(19)4-7(10)17)26-13(27)11(18)12(25(3)14(26)28)15(20,21)16(22,23)24/h4-6H,1-3H3. The Morgan fingerprint density at radius 1 is 1.07 bits per heavy atom. The summed E-state index contributed by atoms with van der Waals surface area (Å²) in [5, 5.41) is -1.83. The summed E-state index contributed by atoms with van der Waals surface area (Å²) in [7, 11) is 0.540. The normalized spacial score (nSPS) is 12.6. The van der Waals surface area contributed by atoms with Gasteiger partial charge in [-0.1, -0.05) is 23.2 Å². The van der Waals surface area contributed by atoms with Crippen molar-refractivity contribution in [2.75, 3.05) is 0 Å². The van der Waals surface area contributed by atoms with E-state index in [4.69, 9.17) is 27.9 Å². The minimum Gasteiger partial charge on any atom is -0.489 e. The van der Waals surface area contributed by atoms with Crippen molar-refractivity contribution >= 4 is 23.2 Å². The van der Waals surface area contributed by atoms with Crippen LogP contribution >= 0.6 is 23.2 Å². The third kappa shape index (κ3) is 3.97. The molecule has 0 atom stereocenters. The van der Waals surface area contributed by atoms with E-state index in [1.807, 2.05) is 0 Å². The van der Waals surface area contributed by atoms with Gasteiger partial charge in [0, 0.05) is 13.1 Å². The van der Waals surface area contributed by atoms with Gasteiger partial charge in [-0.25, -0.2) is 13.8 Å². The maximum Gasteiger partial charge on any atom is 0.459 e. The van der Waals surface area contributed by atoms with Crippen LogP contribution in [0.15, 0.2) is 21.7 Å². The molecule has 0 aliphatic heterocycles. The molecule has 0 bridgehead atoms. The number of benzene rings is 1. The highest BCUT2D eigenvalue weighted by molar-refractivity contribution is 6.32. The van der Waals surface area contributed by atoms with Gasteiger partial charge in [0.15, 0.2) is 0 Å². The van der Waals surface area contributed by atoms with Crippen molar-refractivity contribution < 1.29 is 31.1 Å². The minimum absolute atomic E-state index is 0.0110. The van der Waals surface area contributed by atoms with E-state index in [9.17, 15) is 35.9 Å². The maximum absolute atomic E-state index is 14.4. The van der Waals surface area contributed by atoms with Gasteiger partial charge in [-0.15, -0.1) is 0 Å². The molecule has 13 heteroatoms. The van der Waals surface area contributed by atoms with Crippen LogP contribution in [0.1, 0.15) is 19.5 Å². The lowest BCUT2D eigenvalue weighted by Crippen LogP contribution is -2.46. The highest BCUT2D eigenvalue weighted by atomic mass is 35.5. The van der Waals surface area contributed by atoms with Crippen molar-refractivity contribution in [1.82, 2.24) is 9.13 Å². The largest absolute Gasteiger partial charge is 0.489 e. The van der Waals surface area contributed by atoms with Crippen LogP contribution in [0.4, 0.5) is 26.3 Å². The van der Waals surface area contributed by atoms with Gasteiger partial charge in [-0.2, -0.15) is 22.0 Å². The van der Waals surface area contributed by atoms with Crippen LogP contribution in [0.3, 0.4) is 0 Å². The van der Waals surface area contributed by atoms with Crippen LogP contribution in [0.5, 0.6) is 5.75 Å². The summed E-state index contributed by atoms with van der Waals surface area (Å²) >= 11 is 11.3. The topological polar surface area (TPSA) is 53.2 Å². The van der Waals surface area contributed by atoms with Gasteiger partial charge in [0.2, 0.25) is 0 Å². The second-order valence-corrected chi connectivity index (χ2v) is 6.90. The average molecular weight is 465 g/mol. The molecule has 0 spiro atoms. The van der Waals surface area contributed by atoms with Gasteiger partial charge in [0.25, 0.3) is 5.56 Å². The molecule has 1 aromatic heterocycles. The zero-order valence-electron chi connectivity index (χ0n) is 14.9. The summed E-state index contributed by atoms with van der Waals surface area (Å²) in [5.41, 5.74) is -6.31. The molecule has 160 valence electrons. The van der Waals surface area contributed by atoms with Crippen molar-refractivity contribution in [3.05, 3.63) is 54.5 Å². The van der Waals surface area contributed by atoms with Gasteiger partial charge < -0.3 is 4.74 Å². The molecule has 0 saturated carbocycles. The van der Waals surface area contributed by atoms with Crippen LogP contribution in [0, 0.1) is 5.82 Å². The Morgan fingerprint density at radius 2 is 1.62 bits per heavy atom. The second-order valence-electron chi connectivity index (χ2n) is 6.12. The number of ether oxygens (including phenoxy) is 1. The van der Waals surface area contributed by atoms with E-state index in [1.165, 1.54) is 0 Å². The van der Waals surface area contributed by atoms with Crippen LogP contribution in [-0.4, -0.2) is 21.4 Å². The Bertz CT molecular complexity index is 1040. The minimum atomic E-state index is -6.14. The molecule has 0 aliphatic carbocycles. The number of hydrogen-bond donors (Lipinski definition) is 0. The second kappa shape index (κ2) is 7.60. The van der Waals surface area contributed by atoms with Gasteiger partial charge in [-0.05, 0) is 19.9 Å². The maximum atomic E-state index is 14.4. The summed E-state index contributed by atoms with van der Waals surface area (Å²) in [6.07, 6.45) is -6.59. The Kier molecular flexibility index (Phi) is 6.06. The van der Waals surface area contributed by atoms with Crippen molar-refractivity contribution in [3.8, 4) is 11.4 Å². The Hall–Kier alpha value is -2.14. The molecule has 0 amide bonds. The highest BCUT2D eigenvalue weighted by Gasteiger charge is 2.61. The van der Waals surface area contributed by atoms with E-state index in [0.29, 0.717) is 13.1 Å². The molecule has 0 fully saturated rings. The summed E-state index contributed by atoms with van der Waals surface area (Å²) in [6.45, 7) is 3.19. The first kappa shape index (κ1) is 23.1. The van der Waals surface area contributed by atoms with E-state index >= 15 is 0 Å². The predicted molar refractivity (Wildman–Crippen MR) is 93.0 cm³/mol. The Labute approximate surface area is 169 Å². The first-order valence-corrected chi connectivity index (χ1v) is 8.49. The Morgan fingerprint density at radius 3 is 2.10 bits per heavy atom. The molecule has 0 saturated heterocycles. The molecule has 2 aromatic rings. The highest BCUT2D eigenvalue weighted by Crippen LogP contribution is 2.45. The van der Waals surface area contributed by atoms with Gasteiger partial charge in [-0.3, -0.25) is 9.36 Å². The molecule has 0 aliphatic rings. The number of halogens is 8. The lowest BCUT2D eigenvalue weighted by Gasteiger charge is -2.23. The molecule has 0 unspecified atom stereocenters. The summed E-state index contributed by atoms with van der Waals surface area (Å²) in [4.78, 5) is 24.8. The molecule has 1 heterocycles. The molecule has 1 aromatic carbocycles. The lowest BCUT2D eigenvalue weighted by molar-refractivity contribution is -0.292. The Balaban J connectivity index is 2.89. The first-order chi connectivity index (χ1) is 13.1. The van der Waals surface area contributed by atoms with Crippen LogP contribution in [-0.2, 0) is 13.0 Å². The predicted octanol–water partition coefficient (Wildman–Crippen LogP) is 4.42. The van der Waals surface area contributed by atoms with Crippen LogP contribution in [0.2, 0.25) is 10.0 Å². The monoisotopic (exact) mass is 464 g/mol. The third-order valence-corrected chi connectivity index (χ3v) is 4.31. The fourth-order valence-electron chi connectivity index (χ4n) is 2.41. The van der Waals surface area contributed by atoms with Gasteiger partial charge in [0.05, 0.1) is 16.8 Å². The quantitative estimate of drug-likeness (QED) is 0.629. The summed E-state index contributed by atoms with van der Waals surface area (Å²) in [5.74, 6) is -7.01. The van der Waals surface area contributed by atoms with Gasteiger partial charge in [0.1, 0.15) is 22.3 Å². The van der Waals surface area contributed by atoms with Crippen LogP contribution < -0.4 is 16.0 Å². The molecule has 0 radical (unpaired) electrons. The SMILES string of the molecule is CC(C)Oc1cc(-n2c(=O)c(Cl)c(C(F)(F)C(F)(F)F)n(C)c2=O)c(F)cc1Cl. The number of hydrogen-bond acceptors (Lipinski definition) is 3. The van der Waals surface area contributed by atoms with Crippen molar-refractivity contribution in [2.24, 2.45) is 7.05 Å². The number of nitrogens with zero attached hydrogens (tertiary/aromatic N) is 2. The zero-order chi connectivity index (χ0) is 22.5. The van der Waals surface area contributed by atoms with Crippen molar-refractivity contribution in [1.29, 1.82) is 0 Å². The van der Waals surface area contributed by atoms with Crippen molar-refractivity contribution in [2.45, 2.75) is 32.1 Å². The smallest absolute Gasteiger partial charge is 0.459 e. The molecule has 5 nitrogen and oxygen atoms in total. The van der Waals surface area contributed by atoms with Crippen molar-refractivity contribution in [3.63, 3.8) is 0 Å². The van der Waals surface area contributed by atoms with E-state index < -0.39 is 51.7 Å². The fourth-order valence-corrected chi connectivity index (χ4v) is 2.93. The van der Waals surface area contributed by atoms with E-state index in [0.717, 1.165) is 6.07 Å². The van der Waals surface area contributed by atoms with Crippen LogP contribution in [0.25, 0.3) is 5.69 Å². The first-order valence-electron chi connectivity index (χ1n) is 7.73. The third-order valence-electron chi connectivity index (χ3n) is 3.67. The molecular weight excluding hydrogens is 453 g/mol.